The van der Waals surface area contributed by atoms with Gasteiger partial charge in [0.05, 0.1) is 22.7 Å². The van der Waals surface area contributed by atoms with Crippen molar-refractivity contribution in [3.05, 3.63) is 142 Å². The van der Waals surface area contributed by atoms with E-state index < -0.39 is 24.1 Å². The molecule has 9 rings (SSSR count). The third kappa shape index (κ3) is 18.1. The van der Waals surface area contributed by atoms with Crippen LogP contribution in [0.4, 0.5) is 41.9 Å². The van der Waals surface area contributed by atoms with Crippen molar-refractivity contribution >= 4 is 68.4 Å². The van der Waals surface area contributed by atoms with Crippen molar-refractivity contribution in [3.63, 3.8) is 0 Å². The number of hydrogen-bond acceptors (Lipinski definition) is 4. The van der Waals surface area contributed by atoms with Crippen molar-refractivity contribution in [2.45, 2.75) is 188 Å². The first-order chi connectivity index (χ1) is 37.4. The van der Waals surface area contributed by atoms with Crippen LogP contribution in [0.1, 0.15) is 181 Å². The second kappa shape index (κ2) is 38.5. The van der Waals surface area contributed by atoms with Crippen molar-refractivity contribution in [1.82, 2.24) is 21.3 Å². The number of fused-ring (bicyclic) bond motifs is 8. The smallest absolute Gasteiger partial charge is 0.319 e. The number of carbonyl (C=O) groups is 4. The van der Waals surface area contributed by atoms with Crippen LogP contribution in [0.2, 0.25) is 0 Å². The van der Waals surface area contributed by atoms with Gasteiger partial charge in [0.15, 0.2) is 0 Å². The molecule has 2 aliphatic carbocycles. The molecule has 0 radical (unpaired) electrons. The highest BCUT2D eigenvalue weighted by Crippen LogP contribution is 2.37. The van der Waals surface area contributed by atoms with E-state index in [1.807, 2.05) is 159 Å². The Kier molecular flexibility index (Phi) is 33.9. The van der Waals surface area contributed by atoms with Crippen molar-refractivity contribution in [2.24, 2.45) is 0 Å². The summed E-state index contributed by atoms with van der Waals surface area (Å²) in [6.07, 6.45) is 7.57. The van der Waals surface area contributed by atoms with Gasteiger partial charge < -0.3 is 42.5 Å². The fraction of sp³-hybridized carbons (Fsp3) is 0.438. The summed E-state index contributed by atoms with van der Waals surface area (Å²) < 4.78 is 0. The molecule has 0 atom stereocenters. The number of hydrogen-bond donors (Lipinski definition) is 8. The van der Waals surface area contributed by atoms with Crippen LogP contribution in [0, 0.1) is 0 Å². The van der Waals surface area contributed by atoms with E-state index in [1.165, 1.54) is 22.3 Å². The molecule has 4 bridgehead atoms. The Morgan fingerprint density at radius 1 is 0.250 bits per heavy atom. The molecule has 12 nitrogen and oxygen atoms in total. The van der Waals surface area contributed by atoms with E-state index in [1.54, 1.807) is 24.3 Å². The zero-order valence-corrected chi connectivity index (χ0v) is 49.4. The van der Waals surface area contributed by atoms with Gasteiger partial charge in [-0.3, -0.25) is 0 Å². The molecule has 1 aliphatic heterocycles. The quantitative estimate of drug-likeness (QED) is 0.0760. The van der Waals surface area contributed by atoms with Crippen LogP contribution in [0.25, 0.3) is 21.5 Å². The Bertz CT molecular complexity index is 2320. The molecule has 0 spiro atoms. The van der Waals surface area contributed by atoms with Gasteiger partial charge in [-0.1, -0.05) is 184 Å². The second-order valence-corrected chi connectivity index (χ2v) is 15.7. The number of para-hydroxylation sites is 4. The molecule has 76 heavy (non-hydrogen) atoms. The monoisotopic (exact) mass is 1040 g/mol. The van der Waals surface area contributed by atoms with Gasteiger partial charge in [0, 0.05) is 26.2 Å². The summed E-state index contributed by atoms with van der Waals surface area (Å²) in [5, 5.41) is 28.3. The third-order valence-corrected chi connectivity index (χ3v) is 12.1. The van der Waals surface area contributed by atoms with Gasteiger partial charge >= 0.3 is 24.1 Å². The highest BCUT2D eigenvalue weighted by Gasteiger charge is 2.25. The molecule has 416 valence electrons. The SMILES string of the molecule is CC.CC.CC.CC.CC.CC.CC.CC.O=C1NCc2c3c(c(c4ccccc24)CNC(=O)Nc2ccccc2NC(=O)NCc2c4c(c(c5ccccc25)CNC(=O)Nc2ccccc2N1)CCCC4)CCCC3. The maximum atomic E-state index is 13.6. The normalized spacial score (nSPS) is 13.6. The maximum absolute atomic E-state index is 13.6. The van der Waals surface area contributed by atoms with Gasteiger partial charge in [0.25, 0.3) is 0 Å². The highest BCUT2D eigenvalue weighted by molar-refractivity contribution is 6.01. The summed E-state index contributed by atoms with van der Waals surface area (Å²) in [4.78, 5) is 54.3. The molecule has 0 fully saturated rings. The fourth-order valence-electron chi connectivity index (χ4n) is 9.36. The van der Waals surface area contributed by atoms with Crippen molar-refractivity contribution in [2.75, 3.05) is 21.3 Å². The molecule has 0 unspecified atom stereocenters. The molecule has 8 amide bonds. The van der Waals surface area contributed by atoms with Crippen molar-refractivity contribution in [3.8, 4) is 0 Å². The lowest BCUT2D eigenvalue weighted by molar-refractivity contribution is 0.250. The van der Waals surface area contributed by atoms with E-state index in [9.17, 15) is 19.2 Å². The van der Waals surface area contributed by atoms with Crippen LogP contribution in [-0.2, 0) is 51.9 Å². The van der Waals surface area contributed by atoms with Crippen LogP contribution < -0.4 is 42.5 Å². The minimum atomic E-state index is -0.391. The van der Waals surface area contributed by atoms with E-state index in [0.717, 1.165) is 95.2 Å². The van der Waals surface area contributed by atoms with Gasteiger partial charge in [-0.05, 0) is 142 Å². The van der Waals surface area contributed by atoms with E-state index >= 15 is 0 Å². The second-order valence-electron chi connectivity index (χ2n) is 15.7. The molecule has 6 aromatic carbocycles. The number of benzene rings is 6. The van der Waals surface area contributed by atoms with Crippen LogP contribution in [0.5, 0.6) is 0 Å². The Balaban J connectivity index is 0.00000166. The standard InChI is InChI=1S/C48H48N8O4.8C2H6/c57-45-49-25-37-29-13-1-2-14-30(29)38(32-16-4-3-15-31(32)37)26-50-46(58)54-43-23-11-12-24-44(43)56-48(60)52-28-40-35-19-7-5-17-33(35)39(34-18-6-8-20-36(34)40)27-51-47(59)55-42-22-10-9-21-41(42)53-45;8*1-2/h1-2,5,7,9-14,17,19,21-24H,3-4,6,8,15-16,18,20,25-28H2,(H2,49,53,57)(H2,50,54,58)(H2,51,55,59)(H2,52,56,60);8*1-2H3. The highest BCUT2D eigenvalue weighted by atomic mass is 16.2. The van der Waals surface area contributed by atoms with Crippen molar-refractivity contribution in [1.29, 1.82) is 0 Å². The Labute approximate surface area is 458 Å². The summed E-state index contributed by atoms with van der Waals surface area (Å²) in [6.45, 7) is 33.2. The topological polar surface area (TPSA) is 165 Å². The molecule has 3 aliphatic rings. The first kappa shape index (κ1) is 66.9. The number of nitrogens with one attached hydrogen (secondary N) is 8. The van der Waals surface area contributed by atoms with E-state index in [4.69, 9.17) is 0 Å². The molecule has 6 aromatic rings. The first-order valence-corrected chi connectivity index (χ1v) is 28.9. The zero-order valence-electron chi connectivity index (χ0n) is 49.4. The molecule has 0 saturated carbocycles. The zero-order chi connectivity index (χ0) is 57.0. The summed E-state index contributed by atoms with van der Waals surface area (Å²) in [5.74, 6) is 0. The van der Waals surface area contributed by atoms with Gasteiger partial charge in [-0.25, -0.2) is 19.2 Å². The number of urea groups is 4. The van der Waals surface area contributed by atoms with Gasteiger partial charge in [0.2, 0.25) is 0 Å². The van der Waals surface area contributed by atoms with E-state index in [0.29, 0.717) is 48.9 Å². The number of rotatable bonds is 0. The summed E-state index contributed by atoms with van der Waals surface area (Å²) >= 11 is 0. The lowest BCUT2D eigenvalue weighted by Crippen LogP contribution is -2.32. The fourth-order valence-corrected chi connectivity index (χ4v) is 9.36. The molecular formula is C64H96N8O4. The minimum absolute atomic E-state index is 0.299. The van der Waals surface area contributed by atoms with Crippen LogP contribution in [-0.4, -0.2) is 24.1 Å². The molecule has 8 N–H and O–H groups in total. The van der Waals surface area contributed by atoms with Gasteiger partial charge in [-0.15, -0.1) is 0 Å². The lowest BCUT2D eigenvalue weighted by Gasteiger charge is -2.26. The number of amides is 8. The third-order valence-electron chi connectivity index (χ3n) is 12.1. The predicted octanol–water partition coefficient (Wildman–Crippen LogP) is 17.6. The molecule has 1 heterocycles. The lowest BCUT2D eigenvalue weighted by atomic mass is 9.81. The first-order valence-electron chi connectivity index (χ1n) is 28.9. The Morgan fingerprint density at radius 3 is 0.605 bits per heavy atom. The number of carbonyl (C=O) groups excluding carboxylic acids is 4. The summed E-state index contributed by atoms with van der Waals surface area (Å²) in [5.41, 5.74) is 10.9. The van der Waals surface area contributed by atoms with Crippen LogP contribution in [0.15, 0.2) is 97.1 Å². The van der Waals surface area contributed by atoms with Gasteiger partial charge in [0.1, 0.15) is 0 Å². The molecule has 0 aromatic heterocycles. The molecule has 12 heteroatoms. The van der Waals surface area contributed by atoms with Crippen molar-refractivity contribution < 1.29 is 19.2 Å². The Morgan fingerprint density at radius 2 is 0.421 bits per heavy atom. The Hall–Kier alpha value is -7.08. The predicted molar refractivity (Wildman–Crippen MR) is 328 cm³/mol. The molecule has 0 saturated heterocycles. The van der Waals surface area contributed by atoms with Crippen LogP contribution in [0.3, 0.4) is 0 Å². The van der Waals surface area contributed by atoms with E-state index in [2.05, 4.69) is 66.8 Å². The average molecular weight is 1040 g/mol. The summed E-state index contributed by atoms with van der Waals surface area (Å²) in [7, 11) is 0. The van der Waals surface area contributed by atoms with Gasteiger partial charge in [-0.2, -0.15) is 0 Å². The van der Waals surface area contributed by atoms with E-state index in [-0.39, 0.29) is 0 Å². The number of anilines is 4. The summed E-state index contributed by atoms with van der Waals surface area (Å²) in [6, 6.07) is 29.0. The minimum Gasteiger partial charge on any atom is -0.334 e. The maximum Gasteiger partial charge on any atom is 0.319 e. The average Bonchev–Trinajstić information content (AvgIpc) is 3.49. The largest absolute Gasteiger partial charge is 0.334 e. The molecular weight excluding hydrogens is 945 g/mol. The van der Waals surface area contributed by atoms with Crippen LogP contribution >= 0.6 is 0 Å².